The first kappa shape index (κ1) is 13.7. The summed E-state index contributed by atoms with van der Waals surface area (Å²) in [5, 5.41) is 4.60. The fourth-order valence-electron chi connectivity index (χ4n) is 2.52. The van der Waals surface area contributed by atoms with Gasteiger partial charge in [-0.15, -0.1) is 0 Å². The van der Waals surface area contributed by atoms with E-state index in [-0.39, 0.29) is 11.8 Å². The Morgan fingerprint density at radius 3 is 2.60 bits per heavy atom. The van der Waals surface area contributed by atoms with Crippen LogP contribution in [0.15, 0.2) is 42.5 Å². The van der Waals surface area contributed by atoms with Crippen molar-refractivity contribution < 1.29 is 4.74 Å². The van der Waals surface area contributed by atoms with E-state index in [4.69, 9.17) is 27.9 Å². The maximum atomic E-state index is 6.28. The molecule has 0 bridgehead atoms. The Hall–Kier alpha value is -1.22. The summed E-state index contributed by atoms with van der Waals surface area (Å²) >= 11 is 12.2. The van der Waals surface area contributed by atoms with Crippen molar-refractivity contribution in [3.05, 3.63) is 63.6 Å². The number of benzene rings is 2. The van der Waals surface area contributed by atoms with E-state index in [2.05, 4.69) is 31.3 Å². The number of hydrogen-bond donors (Lipinski definition) is 1. The molecule has 20 heavy (non-hydrogen) atoms. The van der Waals surface area contributed by atoms with Gasteiger partial charge in [-0.2, -0.15) is 0 Å². The molecule has 1 N–H and O–H groups in total. The minimum Gasteiger partial charge on any atom is -0.356 e. The monoisotopic (exact) mass is 307 g/mol. The lowest BCUT2D eigenvalue weighted by Gasteiger charge is -2.39. The first-order valence-electron chi connectivity index (χ1n) is 6.46. The Labute approximate surface area is 128 Å². The summed E-state index contributed by atoms with van der Waals surface area (Å²) in [6.07, 6.45) is -0.287. The predicted octanol–water partition coefficient (Wildman–Crippen LogP) is 5.37. The van der Waals surface area contributed by atoms with Crippen LogP contribution in [0.4, 0.5) is 5.69 Å². The predicted molar refractivity (Wildman–Crippen MR) is 83.4 cm³/mol. The number of halogens is 2. The average molecular weight is 308 g/mol. The standard InChI is InChI=1S/C16H15Cl2NO/c1-16(2)12-5-3-4-6-14(12)19-15(20-16)11-8-7-10(17)9-13(11)18/h3-9,15,19H,1-2H3/t15-/m1/s1. The molecular weight excluding hydrogens is 293 g/mol. The van der Waals surface area contributed by atoms with E-state index in [0.717, 1.165) is 16.8 Å². The van der Waals surface area contributed by atoms with E-state index in [1.165, 1.54) is 0 Å². The van der Waals surface area contributed by atoms with Gasteiger partial charge in [0, 0.05) is 26.9 Å². The van der Waals surface area contributed by atoms with Crippen LogP contribution < -0.4 is 5.32 Å². The molecule has 0 radical (unpaired) electrons. The summed E-state index contributed by atoms with van der Waals surface area (Å²) < 4.78 is 6.17. The number of anilines is 1. The second-order valence-corrected chi connectivity index (χ2v) is 6.21. The number of fused-ring (bicyclic) bond motifs is 1. The molecule has 4 heteroatoms. The highest BCUT2D eigenvalue weighted by Crippen LogP contribution is 2.42. The van der Waals surface area contributed by atoms with Crippen LogP contribution in [-0.4, -0.2) is 0 Å². The smallest absolute Gasteiger partial charge is 0.156 e. The van der Waals surface area contributed by atoms with Gasteiger partial charge in [0.05, 0.1) is 5.60 Å². The summed E-state index contributed by atoms with van der Waals surface area (Å²) in [5.41, 5.74) is 2.72. The molecule has 3 rings (SSSR count). The van der Waals surface area contributed by atoms with Crippen LogP contribution >= 0.6 is 23.2 Å². The van der Waals surface area contributed by atoms with Crippen molar-refractivity contribution in [3.63, 3.8) is 0 Å². The zero-order valence-electron chi connectivity index (χ0n) is 11.3. The Balaban J connectivity index is 2.02. The van der Waals surface area contributed by atoms with E-state index in [1.807, 2.05) is 24.3 Å². The maximum absolute atomic E-state index is 6.28. The van der Waals surface area contributed by atoms with E-state index in [1.54, 1.807) is 6.07 Å². The third kappa shape index (κ3) is 2.39. The average Bonchev–Trinajstić information content (AvgIpc) is 2.38. The van der Waals surface area contributed by atoms with E-state index < -0.39 is 0 Å². The van der Waals surface area contributed by atoms with Crippen LogP contribution in [0, 0.1) is 0 Å². The van der Waals surface area contributed by atoms with Crippen molar-refractivity contribution >= 4 is 28.9 Å². The molecule has 2 aromatic rings. The van der Waals surface area contributed by atoms with Crippen molar-refractivity contribution in [1.29, 1.82) is 0 Å². The minimum absolute atomic E-state index is 0.287. The molecule has 1 heterocycles. The molecule has 0 saturated heterocycles. The van der Waals surface area contributed by atoms with Crippen LogP contribution in [0.5, 0.6) is 0 Å². The number of hydrogen-bond acceptors (Lipinski definition) is 2. The molecule has 0 aliphatic carbocycles. The third-order valence-corrected chi connectivity index (χ3v) is 4.08. The highest BCUT2D eigenvalue weighted by atomic mass is 35.5. The first-order valence-corrected chi connectivity index (χ1v) is 7.22. The molecule has 0 saturated carbocycles. The molecule has 0 fully saturated rings. The fraction of sp³-hybridized carbons (Fsp3) is 0.250. The number of para-hydroxylation sites is 1. The van der Waals surface area contributed by atoms with Crippen molar-refractivity contribution in [3.8, 4) is 0 Å². The highest BCUT2D eigenvalue weighted by Gasteiger charge is 2.34. The summed E-state index contributed by atoms with van der Waals surface area (Å²) in [4.78, 5) is 0. The van der Waals surface area contributed by atoms with Gasteiger partial charge in [-0.3, -0.25) is 0 Å². The molecular formula is C16H15Cl2NO. The molecule has 1 atom stereocenters. The lowest BCUT2D eigenvalue weighted by molar-refractivity contribution is -0.0733. The number of nitrogens with one attached hydrogen (secondary N) is 1. The molecule has 0 aromatic heterocycles. The molecule has 0 amide bonds. The first-order chi connectivity index (χ1) is 9.47. The SMILES string of the molecule is CC1(C)O[C@H](c2ccc(Cl)cc2Cl)Nc2ccccc21. The highest BCUT2D eigenvalue weighted by molar-refractivity contribution is 6.35. The molecule has 0 unspecified atom stereocenters. The zero-order valence-corrected chi connectivity index (χ0v) is 12.8. The number of rotatable bonds is 1. The zero-order chi connectivity index (χ0) is 14.3. The summed E-state index contributed by atoms with van der Waals surface area (Å²) in [5.74, 6) is 0. The summed E-state index contributed by atoms with van der Waals surface area (Å²) in [6.45, 7) is 4.12. The van der Waals surface area contributed by atoms with Gasteiger partial charge in [-0.25, -0.2) is 0 Å². The molecule has 1 aliphatic rings. The van der Waals surface area contributed by atoms with Gasteiger partial charge in [0.1, 0.15) is 0 Å². The van der Waals surface area contributed by atoms with Crippen LogP contribution in [0.1, 0.15) is 31.2 Å². The largest absolute Gasteiger partial charge is 0.356 e. The van der Waals surface area contributed by atoms with E-state index >= 15 is 0 Å². The molecule has 0 spiro atoms. The Bertz CT molecular complexity index is 655. The van der Waals surface area contributed by atoms with Crippen molar-refractivity contribution in [2.45, 2.75) is 25.7 Å². The Morgan fingerprint density at radius 1 is 1.10 bits per heavy atom. The van der Waals surface area contributed by atoms with Crippen LogP contribution in [-0.2, 0) is 10.3 Å². The van der Waals surface area contributed by atoms with Crippen LogP contribution in [0.25, 0.3) is 0 Å². The van der Waals surface area contributed by atoms with Crippen molar-refractivity contribution in [1.82, 2.24) is 0 Å². The minimum atomic E-state index is -0.379. The van der Waals surface area contributed by atoms with Gasteiger partial charge in [-0.05, 0) is 32.0 Å². The van der Waals surface area contributed by atoms with Crippen LogP contribution in [0.3, 0.4) is 0 Å². The lowest BCUT2D eigenvalue weighted by Crippen LogP contribution is -2.34. The maximum Gasteiger partial charge on any atom is 0.156 e. The second kappa shape index (κ2) is 4.96. The van der Waals surface area contributed by atoms with Gasteiger partial charge >= 0.3 is 0 Å². The summed E-state index contributed by atoms with van der Waals surface area (Å²) in [6, 6.07) is 13.6. The third-order valence-electron chi connectivity index (χ3n) is 3.52. The van der Waals surface area contributed by atoms with Crippen LogP contribution in [0.2, 0.25) is 10.0 Å². The quantitative estimate of drug-likeness (QED) is 0.764. The second-order valence-electron chi connectivity index (χ2n) is 5.36. The van der Waals surface area contributed by atoms with Gasteiger partial charge in [-0.1, -0.05) is 47.5 Å². The summed E-state index contributed by atoms with van der Waals surface area (Å²) in [7, 11) is 0. The van der Waals surface area contributed by atoms with Gasteiger partial charge in [0.2, 0.25) is 0 Å². The lowest BCUT2D eigenvalue weighted by atomic mass is 9.93. The Kier molecular flexibility index (Phi) is 3.41. The topological polar surface area (TPSA) is 21.3 Å². The fourth-order valence-corrected chi connectivity index (χ4v) is 3.03. The Morgan fingerprint density at radius 2 is 1.85 bits per heavy atom. The molecule has 104 valence electrons. The molecule has 1 aliphatic heterocycles. The normalized spacial score (nSPS) is 20.1. The van der Waals surface area contributed by atoms with Gasteiger partial charge < -0.3 is 10.1 Å². The van der Waals surface area contributed by atoms with Crippen molar-refractivity contribution in [2.75, 3.05) is 5.32 Å². The molecule has 2 nitrogen and oxygen atoms in total. The van der Waals surface area contributed by atoms with Gasteiger partial charge in [0.25, 0.3) is 0 Å². The number of ether oxygens (including phenoxy) is 1. The van der Waals surface area contributed by atoms with E-state index in [9.17, 15) is 0 Å². The van der Waals surface area contributed by atoms with Gasteiger partial charge in [0.15, 0.2) is 6.23 Å². The van der Waals surface area contributed by atoms with Crippen molar-refractivity contribution in [2.24, 2.45) is 0 Å². The molecule has 2 aromatic carbocycles. The van der Waals surface area contributed by atoms with E-state index in [0.29, 0.717) is 10.0 Å².